The molecule has 0 fully saturated rings. The van der Waals surface area contributed by atoms with Gasteiger partial charge in [0.1, 0.15) is 11.5 Å². The number of benzene rings is 1. The van der Waals surface area contributed by atoms with Crippen LogP contribution >= 0.6 is 0 Å². The smallest absolute Gasteiger partial charge is 0.269 e. The minimum Gasteiger partial charge on any atom is -0.380 e. The molecule has 1 aromatic carbocycles. The quantitative estimate of drug-likeness (QED) is 0.730. The molecule has 2 N–H and O–H groups in total. The Bertz CT molecular complexity index is 641. The number of aromatic nitrogens is 1. The molecule has 0 atom stereocenters. The summed E-state index contributed by atoms with van der Waals surface area (Å²) in [5.41, 5.74) is 2.18. The number of hydrogen-bond donors (Lipinski definition) is 2. The van der Waals surface area contributed by atoms with E-state index in [1.165, 1.54) is 12.1 Å². The van der Waals surface area contributed by atoms with Crippen LogP contribution in [0.4, 0.5) is 10.1 Å². The average molecular weight is 330 g/mol. The zero-order chi connectivity index (χ0) is 17.4. The van der Waals surface area contributed by atoms with Crippen LogP contribution in [0.1, 0.15) is 22.5 Å². The largest absolute Gasteiger partial charge is 0.380 e. The molecule has 6 heteroatoms. The summed E-state index contributed by atoms with van der Waals surface area (Å²) in [6.45, 7) is 2.13. The maximum atomic E-state index is 12.8. The first-order valence-corrected chi connectivity index (χ1v) is 7.92. The van der Waals surface area contributed by atoms with Crippen molar-refractivity contribution in [3.63, 3.8) is 0 Å². The Balaban J connectivity index is 1.79. The fraction of sp³-hybridized carbons (Fsp3) is 0.333. The molecule has 5 nitrogen and oxygen atoms in total. The van der Waals surface area contributed by atoms with Gasteiger partial charge in [-0.2, -0.15) is 0 Å². The standard InChI is InChI=1S/C18H23FN4O/c1-23(2)11-3-10-20-18(24)17-9-8-16(13-22-17)21-12-14-4-6-15(19)7-5-14/h4-9,13,21H,3,10-12H2,1-2H3,(H,20,24). The maximum absolute atomic E-state index is 12.8. The highest BCUT2D eigenvalue weighted by atomic mass is 19.1. The Kier molecular flexibility index (Phi) is 6.69. The van der Waals surface area contributed by atoms with E-state index in [1.807, 2.05) is 20.2 Å². The summed E-state index contributed by atoms with van der Waals surface area (Å²) < 4.78 is 12.8. The topological polar surface area (TPSA) is 57.3 Å². The number of nitrogens with zero attached hydrogens (tertiary/aromatic N) is 2. The second kappa shape index (κ2) is 8.98. The van der Waals surface area contributed by atoms with Crippen molar-refractivity contribution in [2.75, 3.05) is 32.5 Å². The Morgan fingerprint density at radius 2 is 1.92 bits per heavy atom. The van der Waals surface area contributed by atoms with Crippen molar-refractivity contribution in [2.45, 2.75) is 13.0 Å². The van der Waals surface area contributed by atoms with Crippen molar-refractivity contribution >= 4 is 11.6 Å². The molecule has 0 saturated heterocycles. The van der Waals surface area contributed by atoms with Gasteiger partial charge in [0.15, 0.2) is 0 Å². The molecule has 0 aliphatic heterocycles. The molecule has 0 spiro atoms. The van der Waals surface area contributed by atoms with E-state index in [0.717, 1.165) is 24.2 Å². The maximum Gasteiger partial charge on any atom is 0.269 e. The zero-order valence-electron chi connectivity index (χ0n) is 14.1. The van der Waals surface area contributed by atoms with Crippen LogP contribution < -0.4 is 10.6 Å². The van der Waals surface area contributed by atoms with Crippen molar-refractivity contribution in [3.05, 3.63) is 59.7 Å². The minimum atomic E-state index is -0.249. The fourth-order valence-corrected chi connectivity index (χ4v) is 2.13. The number of halogens is 1. The molecule has 0 aliphatic rings. The molecule has 0 unspecified atom stereocenters. The van der Waals surface area contributed by atoms with Crippen molar-refractivity contribution in [3.8, 4) is 0 Å². The molecule has 2 rings (SSSR count). The zero-order valence-corrected chi connectivity index (χ0v) is 14.1. The molecule has 2 aromatic rings. The summed E-state index contributed by atoms with van der Waals surface area (Å²) in [5.74, 6) is -0.416. The molecular formula is C18H23FN4O. The van der Waals surface area contributed by atoms with E-state index < -0.39 is 0 Å². The summed E-state index contributed by atoms with van der Waals surface area (Å²) in [6.07, 6.45) is 2.52. The normalized spacial score (nSPS) is 10.7. The highest BCUT2D eigenvalue weighted by molar-refractivity contribution is 5.92. The Morgan fingerprint density at radius 1 is 1.17 bits per heavy atom. The van der Waals surface area contributed by atoms with Crippen LogP contribution in [0.2, 0.25) is 0 Å². The van der Waals surface area contributed by atoms with E-state index in [1.54, 1.807) is 24.4 Å². The van der Waals surface area contributed by atoms with Crippen LogP contribution in [0.3, 0.4) is 0 Å². The van der Waals surface area contributed by atoms with Crippen LogP contribution in [0.5, 0.6) is 0 Å². The number of carbonyl (C=O) groups is 1. The third-order valence-electron chi connectivity index (χ3n) is 3.47. The first kappa shape index (κ1) is 17.9. The van der Waals surface area contributed by atoms with Crippen LogP contribution in [0, 0.1) is 5.82 Å². The van der Waals surface area contributed by atoms with E-state index in [0.29, 0.717) is 18.8 Å². The van der Waals surface area contributed by atoms with Gasteiger partial charge >= 0.3 is 0 Å². The lowest BCUT2D eigenvalue weighted by atomic mass is 10.2. The first-order chi connectivity index (χ1) is 11.5. The molecule has 128 valence electrons. The Morgan fingerprint density at radius 3 is 2.54 bits per heavy atom. The van der Waals surface area contributed by atoms with E-state index >= 15 is 0 Å². The van der Waals surface area contributed by atoms with Gasteiger partial charge in [-0.05, 0) is 56.9 Å². The van der Waals surface area contributed by atoms with Crippen molar-refractivity contribution in [1.29, 1.82) is 0 Å². The van der Waals surface area contributed by atoms with E-state index in [-0.39, 0.29) is 11.7 Å². The third kappa shape index (κ3) is 5.96. The number of hydrogen-bond acceptors (Lipinski definition) is 4. The fourth-order valence-electron chi connectivity index (χ4n) is 2.13. The molecule has 0 radical (unpaired) electrons. The molecule has 1 amide bonds. The summed E-state index contributed by atoms with van der Waals surface area (Å²) in [5, 5.41) is 6.04. The molecule has 0 saturated carbocycles. The van der Waals surface area contributed by atoms with E-state index in [4.69, 9.17) is 0 Å². The molecule has 0 aliphatic carbocycles. The summed E-state index contributed by atoms with van der Waals surface area (Å²) in [7, 11) is 4.00. The van der Waals surface area contributed by atoms with Crippen molar-refractivity contribution < 1.29 is 9.18 Å². The Hall–Kier alpha value is -2.47. The van der Waals surface area contributed by atoms with Gasteiger partial charge in [-0.25, -0.2) is 9.37 Å². The number of rotatable bonds is 8. The predicted molar refractivity (Wildman–Crippen MR) is 93.5 cm³/mol. The minimum absolute atomic E-state index is 0.168. The predicted octanol–water partition coefficient (Wildman–Crippen LogP) is 2.51. The lowest BCUT2D eigenvalue weighted by Gasteiger charge is -2.10. The summed E-state index contributed by atoms with van der Waals surface area (Å²) in [4.78, 5) is 18.2. The van der Waals surface area contributed by atoms with Crippen LogP contribution in [0.15, 0.2) is 42.6 Å². The number of carbonyl (C=O) groups excluding carboxylic acids is 1. The lowest BCUT2D eigenvalue weighted by Crippen LogP contribution is -2.27. The van der Waals surface area contributed by atoms with Gasteiger partial charge in [0.2, 0.25) is 0 Å². The van der Waals surface area contributed by atoms with Crippen molar-refractivity contribution in [1.82, 2.24) is 15.2 Å². The van der Waals surface area contributed by atoms with Gasteiger partial charge in [0.25, 0.3) is 5.91 Å². The monoisotopic (exact) mass is 330 g/mol. The Labute approximate surface area is 141 Å². The van der Waals surface area contributed by atoms with Gasteiger partial charge in [-0.1, -0.05) is 12.1 Å². The highest BCUT2D eigenvalue weighted by Gasteiger charge is 2.06. The van der Waals surface area contributed by atoms with Gasteiger partial charge in [0.05, 0.1) is 11.9 Å². The van der Waals surface area contributed by atoms with Gasteiger partial charge in [-0.15, -0.1) is 0 Å². The lowest BCUT2D eigenvalue weighted by molar-refractivity contribution is 0.0947. The van der Waals surface area contributed by atoms with Crippen LogP contribution in [-0.2, 0) is 6.54 Å². The molecule has 24 heavy (non-hydrogen) atoms. The molecule has 1 aromatic heterocycles. The van der Waals surface area contributed by atoms with Crippen molar-refractivity contribution in [2.24, 2.45) is 0 Å². The summed E-state index contributed by atoms with van der Waals surface area (Å²) in [6, 6.07) is 9.81. The van der Waals surface area contributed by atoms with Gasteiger partial charge in [-0.3, -0.25) is 4.79 Å². The van der Waals surface area contributed by atoms with E-state index in [2.05, 4.69) is 20.5 Å². The van der Waals surface area contributed by atoms with Gasteiger partial charge < -0.3 is 15.5 Å². The molecule has 0 bridgehead atoms. The number of nitrogens with one attached hydrogen (secondary N) is 2. The third-order valence-corrected chi connectivity index (χ3v) is 3.47. The summed E-state index contributed by atoms with van der Waals surface area (Å²) >= 11 is 0. The van der Waals surface area contributed by atoms with Crippen LogP contribution in [0.25, 0.3) is 0 Å². The average Bonchev–Trinajstić information content (AvgIpc) is 2.58. The van der Waals surface area contributed by atoms with E-state index in [9.17, 15) is 9.18 Å². The van der Waals surface area contributed by atoms with Gasteiger partial charge in [0, 0.05) is 13.1 Å². The first-order valence-electron chi connectivity index (χ1n) is 7.92. The SMILES string of the molecule is CN(C)CCCNC(=O)c1ccc(NCc2ccc(F)cc2)cn1. The highest BCUT2D eigenvalue weighted by Crippen LogP contribution is 2.09. The second-order valence-electron chi connectivity index (χ2n) is 5.82. The molecule has 1 heterocycles. The molecular weight excluding hydrogens is 307 g/mol. The number of amides is 1. The number of anilines is 1. The van der Waals surface area contributed by atoms with Crippen LogP contribution in [-0.4, -0.2) is 43.0 Å². The number of pyridine rings is 1. The second-order valence-corrected chi connectivity index (χ2v) is 5.82.